The Morgan fingerprint density at radius 1 is 1.14 bits per heavy atom. The largest absolute Gasteiger partial charge is 0.360 e. The maximum atomic E-state index is 13.0. The summed E-state index contributed by atoms with van der Waals surface area (Å²) in [5.74, 6) is -0.551. The molecule has 0 aliphatic heterocycles. The number of hydrogen-bond donors (Lipinski definition) is 2. The molecule has 7 heteroatoms. The topological polar surface area (TPSA) is 79.8 Å². The van der Waals surface area contributed by atoms with E-state index in [1.165, 1.54) is 29.1 Å². The monoisotopic (exact) mass is 376 g/mol. The van der Waals surface area contributed by atoms with Crippen molar-refractivity contribution >= 4 is 16.8 Å². The Hall–Kier alpha value is -3.74. The van der Waals surface area contributed by atoms with Crippen LogP contribution in [0.1, 0.15) is 10.4 Å². The van der Waals surface area contributed by atoms with Crippen LogP contribution in [0.25, 0.3) is 22.2 Å². The van der Waals surface area contributed by atoms with Crippen molar-refractivity contribution in [3.63, 3.8) is 0 Å². The summed E-state index contributed by atoms with van der Waals surface area (Å²) in [6.45, 7) is 0.583. The highest BCUT2D eigenvalue weighted by Gasteiger charge is 2.11. The molecule has 0 aliphatic carbocycles. The molecule has 28 heavy (non-hydrogen) atoms. The number of nitrogens with one attached hydrogen (secondary N) is 2. The number of aromatic nitrogens is 3. The minimum atomic E-state index is -0.344. The number of H-pyrrole nitrogens is 1. The number of fused-ring (bicyclic) bond motifs is 1. The van der Waals surface area contributed by atoms with Crippen molar-refractivity contribution in [2.24, 2.45) is 0 Å². The second-order valence-electron chi connectivity index (χ2n) is 6.32. The van der Waals surface area contributed by atoms with Crippen molar-refractivity contribution < 1.29 is 9.18 Å². The van der Waals surface area contributed by atoms with Crippen LogP contribution >= 0.6 is 0 Å². The van der Waals surface area contributed by atoms with Gasteiger partial charge in [-0.25, -0.2) is 9.37 Å². The van der Waals surface area contributed by atoms with Crippen LogP contribution in [0.3, 0.4) is 0 Å². The number of nitrogens with zero attached hydrogens (tertiary/aromatic N) is 2. The minimum absolute atomic E-state index is 0.207. The van der Waals surface area contributed by atoms with Gasteiger partial charge in [0.05, 0.1) is 17.6 Å². The normalized spacial score (nSPS) is 10.9. The number of rotatable bonds is 5. The molecule has 2 heterocycles. The average Bonchev–Trinajstić information content (AvgIpc) is 3.14. The Kier molecular flexibility index (Phi) is 4.72. The van der Waals surface area contributed by atoms with Crippen LogP contribution in [0.5, 0.6) is 0 Å². The third kappa shape index (κ3) is 3.55. The fourth-order valence-electron chi connectivity index (χ4n) is 3.02. The predicted molar refractivity (Wildman–Crippen MR) is 105 cm³/mol. The number of amides is 1. The summed E-state index contributed by atoms with van der Waals surface area (Å²) in [7, 11) is 0. The lowest BCUT2D eigenvalue weighted by molar-refractivity contribution is 0.0954. The number of carbonyl (C=O) groups excluding carboxylic acids is 1. The lowest BCUT2D eigenvalue weighted by Crippen LogP contribution is -2.30. The van der Waals surface area contributed by atoms with Gasteiger partial charge in [-0.05, 0) is 30.3 Å². The second kappa shape index (κ2) is 7.48. The molecule has 0 bridgehead atoms. The Labute approximate surface area is 159 Å². The van der Waals surface area contributed by atoms with Crippen molar-refractivity contribution in [1.82, 2.24) is 19.9 Å². The van der Waals surface area contributed by atoms with E-state index in [1.54, 1.807) is 18.3 Å². The number of para-hydroxylation sites is 1. The summed E-state index contributed by atoms with van der Waals surface area (Å²) >= 11 is 0. The summed E-state index contributed by atoms with van der Waals surface area (Å²) < 4.78 is 14.4. The molecule has 2 aromatic heterocycles. The quantitative estimate of drug-likeness (QED) is 0.562. The van der Waals surface area contributed by atoms with Gasteiger partial charge in [0, 0.05) is 41.8 Å². The Morgan fingerprint density at radius 2 is 1.93 bits per heavy atom. The van der Waals surface area contributed by atoms with Crippen molar-refractivity contribution in [3.8, 4) is 11.3 Å². The van der Waals surface area contributed by atoms with Crippen molar-refractivity contribution in [1.29, 1.82) is 0 Å². The Morgan fingerprint density at radius 3 is 2.71 bits per heavy atom. The first-order chi connectivity index (χ1) is 13.6. The molecule has 140 valence electrons. The standard InChI is InChI=1S/C21H17FN4O2/c22-15-7-5-14(6-8-15)19-11-20(27)26(13-25-19)10-9-23-21(28)17-12-24-18-4-2-1-3-16(17)18/h1-8,11-13,24H,9-10H2,(H,23,28). The lowest BCUT2D eigenvalue weighted by atomic mass is 10.1. The van der Waals surface area contributed by atoms with Crippen LogP contribution in [0.2, 0.25) is 0 Å². The van der Waals surface area contributed by atoms with E-state index in [2.05, 4.69) is 15.3 Å². The van der Waals surface area contributed by atoms with E-state index in [1.807, 2.05) is 24.3 Å². The third-order valence-corrected chi connectivity index (χ3v) is 4.49. The molecular weight excluding hydrogens is 359 g/mol. The zero-order valence-corrected chi connectivity index (χ0v) is 14.9. The number of aromatic amines is 1. The van der Waals surface area contributed by atoms with Gasteiger partial charge >= 0.3 is 0 Å². The highest BCUT2D eigenvalue weighted by atomic mass is 19.1. The van der Waals surface area contributed by atoms with E-state index in [0.717, 1.165) is 10.9 Å². The first-order valence-electron chi connectivity index (χ1n) is 8.78. The minimum Gasteiger partial charge on any atom is -0.360 e. The second-order valence-corrected chi connectivity index (χ2v) is 6.32. The van der Waals surface area contributed by atoms with Gasteiger partial charge in [-0.2, -0.15) is 0 Å². The highest BCUT2D eigenvalue weighted by molar-refractivity contribution is 6.06. The van der Waals surface area contributed by atoms with Crippen molar-refractivity contribution in [3.05, 3.63) is 88.9 Å². The van der Waals surface area contributed by atoms with Gasteiger partial charge in [0.25, 0.3) is 11.5 Å². The van der Waals surface area contributed by atoms with Crippen LogP contribution in [0.15, 0.2) is 71.9 Å². The van der Waals surface area contributed by atoms with Gasteiger partial charge in [-0.1, -0.05) is 18.2 Å². The van der Waals surface area contributed by atoms with Gasteiger partial charge in [0.2, 0.25) is 0 Å². The summed E-state index contributed by atoms with van der Waals surface area (Å²) in [5, 5.41) is 3.67. The van der Waals surface area contributed by atoms with Crippen LogP contribution < -0.4 is 10.9 Å². The van der Waals surface area contributed by atoms with Crippen LogP contribution in [-0.4, -0.2) is 27.0 Å². The summed E-state index contributed by atoms with van der Waals surface area (Å²) in [5.41, 5.74) is 2.36. The first-order valence-corrected chi connectivity index (χ1v) is 8.78. The molecule has 0 atom stereocenters. The zero-order chi connectivity index (χ0) is 19.5. The third-order valence-electron chi connectivity index (χ3n) is 4.49. The van der Waals surface area contributed by atoms with E-state index in [0.29, 0.717) is 23.4 Å². The van der Waals surface area contributed by atoms with Crippen molar-refractivity contribution in [2.75, 3.05) is 6.54 Å². The average molecular weight is 376 g/mol. The predicted octanol–water partition coefficient (Wildman–Crippen LogP) is 2.96. The molecule has 0 fully saturated rings. The van der Waals surface area contributed by atoms with E-state index >= 15 is 0 Å². The van der Waals surface area contributed by atoms with Crippen molar-refractivity contribution in [2.45, 2.75) is 6.54 Å². The molecule has 2 N–H and O–H groups in total. The molecule has 0 unspecified atom stereocenters. The fraction of sp³-hybridized carbons (Fsp3) is 0.0952. The molecule has 6 nitrogen and oxygen atoms in total. The fourth-order valence-corrected chi connectivity index (χ4v) is 3.02. The smallest absolute Gasteiger partial charge is 0.253 e. The van der Waals surface area contributed by atoms with E-state index in [4.69, 9.17) is 0 Å². The summed E-state index contributed by atoms with van der Waals surface area (Å²) in [6.07, 6.45) is 3.10. The Bertz CT molecular complexity index is 1190. The van der Waals surface area contributed by atoms with Gasteiger partial charge in [0.1, 0.15) is 5.82 Å². The molecule has 0 spiro atoms. The molecule has 0 aliphatic rings. The van der Waals surface area contributed by atoms with Crippen LogP contribution in [-0.2, 0) is 6.54 Å². The molecule has 0 saturated heterocycles. The molecule has 1 amide bonds. The zero-order valence-electron chi connectivity index (χ0n) is 14.9. The number of halogens is 1. The molecule has 2 aromatic carbocycles. The molecule has 0 radical (unpaired) electrons. The molecule has 0 saturated carbocycles. The maximum absolute atomic E-state index is 13.0. The number of carbonyl (C=O) groups is 1. The number of benzene rings is 2. The van der Waals surface area contributed by atoms with E-state index in [9.17, 15) is 14.0 Å². The van der Waals surface area contributed by atoms with Gasteiger partial charge in [-0.15, -0.1) is 0 Å². The summed E-state index contributed by atoms with van der Waals surface area (Å²) in [4.78, 5) is 32.0. The molecule has 4 rings (SSSR count). The summed E-state index contributed by atoms with van der Waals surface area (Å²) in [6, 6.07) is 14.7. The maximum Gasteiger partial charge on any atom is 0.253 e. The molecule has 4 aromatic rings. The molecular formula is C21H17FN4O2. The van der Waals surface area contributed by atoms with Gasteiger partial charge in [-0.3, -0.25) is 14.2 Å². The van der Waals surface area contributed by atoms with E-state index < -0.39 is 0 Å². The van der Waals surface area contributed by atoms with Gasteiger partial charge in [0.15, 0.2) is 0 Å². The number of hydrogen-bond acceptors (Lipinski definition) is 3. The lowest BCUT2D eigenvalue weighted by Gasteiger charge is -2.08. The van der Waals surface area contributed by atoms with E-state index in [-0.39, 0.29) is 23.8 Å². The first kappa shape index (κ1) is 17.7. The SMILES string of the molecule is O=C(NCCn1cnc(-c2ccc(F)cc2)cc1=O)c1c[nH]c2ccccc12. The Balaban J connectivity index is 1.41. The van der Waals surface area contributed by atoms with Crippen LogP contribution in [0, 0.1) is 5.82 Å². The van der Waals surface area contributed by atoms with Gasteiger partial charge < -0.3 is 10.3 Å². The highest BCUT2D eigenvalue weighted by Crippen LogP contribution is 2.17. The van der Waals surface area contributed by atoms with Crippen LogP contribution in [0.4, 0.5) is 4.39 Å².